The number of hydrogen-bond acceptors (Lipinski definition) is 3. The minimum atomic E-state index is -1.03. The van der Waals surface area contributed by atoms with Crippen molar-refractivity contribution in [2.75, 3.05) is 0 Å². The van der Waals surface area contributed by atoms with E-state index in [4.69, 9.17) is 4.74 Å². The molecule has 2 bridgehead atoms. The lowest BCUT2D eigenvalue weighted by atomic mass is 9.81. The van der Waals surface area contributed by atoms with Crippen molar-refractivity contribution in [2.45, 2.75) is 70.3 Å². The van der Waals surface area contributed by atoms with E-state index in [0.717, 1.165) is 31.3 Å². The Bertz CT molecular complexity index is 434. The zero-order chi connectivity index (χ0) is 14.4. The van der Waals surface area contributed by atoms with Crippen LogP contribution < -0.4 is 0 Å². The Morgan fingerprint density at radius 2 is 1.75 bits per heavy atom. The molecule has 0 aromatic carbocycles. The number of fused-ring (bicyclic) bond motifs is 2. The summed E-state index contributed by atoms with van der Waals surface area (Å²) in [6.07, 6.45) is 14.9. The molecule has 2 aliphatic carbocycles. The van der Waals surface area contributed by atoms with Crippen LogP contribution in [0.1, 0.15) is 64.7 Å². The van der Waals surface area contributed by atoms with Crippen molar-refractivity contribution < 1.29 is 14.3 Å². The summed E-state index contributed by atoms with van der Waals surface area (Å²) in [5.41, 5.74) is -0.218. The lowest BCUT2D eigenvalue weighted by molar-refractivity contribution is -0.159. The van der Waals surface area contributed by atoms with E-state index in [0.29, 0.717) is 6.42 Å². The minimum absolute atomic E-state index is 0.00391. The summed E-state index contributed by atoms with van der Waals surface area (Å²) >= 11 is 0. The van der Waals surface area contributed by atoms with Gasteiger partial charge in [-0.25, -0.2) is 0 Å². The molecule has 1 atom stereocenters. The van der Waals surface area contributed by atoms with Gasteiger partial charge in [-0.05, 0) is 37.3 Å². The maximum Gasteiger partial charge on any atom is 0.303 e. The van der Waals surface area contributed by atoms with Gasteiger partial charge in [-0.1, -0.05) is 44.3 Å². The maximum atomic E-state index is 12.7. The van der Waals surface area contributed by atoms with Gasteiger partial charge in [-0.2, -0.15) is 0 Å². The van der Waals surface area contributed by atoms with E-state index < -0.39 is 5.60 Å². The van der Waals surface area contributed by atoms with E-state index in [9.17, 15) is 9.59 Å². The van der Waals surface area contributed by atoms with Crippen LogP contribution in [0.2, 0.25) is 0 Å². The molecule has 0 aromatic heterocycles. The summed E-state index contributed by atoms with van der Waals surface area (Å²) in [6.45, 7) is 1.38. The van der Waals surface area contributed by atoms with E-state index in [1.54, 1.807) is 6.08 Å². The van der Waals surface area contributed by atoms with Crippen molar-refractivity contribution in [1.82, 2.24) is 0 Å². The first-order valence-corrected chi connectivity index (χ1v) is 7.77. The standard InChI is InChI=1S/C17H24O3/c1-14(18)20-17-12-8-6-4-2-3-5-7-10-15(16(17)19)11-9-13-17/h9,11,13H,2-8,10,12H2,1H3. The lowest BCUT2D eigenvalue weighted by Crippen LogP contribution is -2.43. The van der Waals surface area contributed by atoms with Gasteiger partial charge in [-0.15, -0.1) is 0 Å². The summed E-state index contributed by atoms with van der Waals surface area (Å²) in [4.78, 5) is 24.1. The molecule has 0 aromatic rings. The van der Waals surface area contributed by atoms with Gasteiger partial charge < -0.3 is 4.74 Å². The fourth-order valence-corrected chi connectivity index (χ4v) is 3.11. The predicted octanol–water partition coefficient (Wildman–Crippen LogP) is 3.88. The number of rotatable bonds is 1. The van der Waals surface area contributed by atoms with Gasteiger partial charge in [0, 0.05) is 6.92 Å². The molecule has 110 valence electrons. The third-order valence-electron chi connectivity index (χ3n) is 4.16. The van der Waals surface area contributed by atoms with Crippen LogP contribution in [0.3, 0.4) is 0 Å². The number of ketones is 1. The van der Waals surface area contributed by atoms with E-state index in [1.165, 1.54) is 32.6 Å². The molecule has 0 heterocycles. The molecule has 0 saturated heterocycles. The van der Waals surface area contributed by atoms with Crippen molar-refractivity contribution >= 4 is 11.8 Å². The first kappa shape index (κ1) is 15.0. The number of hydrogen-bond donors (Lipinski definition) is 0. The van der Waals surface area contributed by atoms with Crippen LogP contribution in [0.4, 0.5) is 0 Å². The molecule has 2 rings (SSSR count). The molecule has 3 heteroatoms. The Morgan fingerprint density at radius 1 is 1.10 bits per heavy atom. The molecular formula is C17H24O3. The minimum Gasteiger partial charge on any atom is -0.447 e. The van der Waals surface area contributed by atoms with Crippen LogP contribution in [0.25, 0.3) is 0 Å². The second-order valence-corrected chi connectivity index (χ2v) is 5.84. The molecule has 0 aliphatic heterocycles. The highest BCUT2D eigenvalue weighted by atomic mass is 16.6. The van der Waals surface area contributed by atoms with Crippen LogP contribution in [-0.2, 0) is 14.3 Å². The third kappa shape index (κ3) is 3.59. The van der Waals surface area contributed by atoms with Crippen molar-refractivity contribution in [3.8, 4) is 0 Å². The van der Waals surface area contributed by atoms with Crippen LogP contribution in [-0.4, -0.2) is 17.4 Å². The van der Waals surface area contributed by atoms with Crippen molar-refractivity contribution in [1.29, 1.82) is 0 Å². The monoisotopic (exact) mass is 276 g/mol. The molecule has 0 amide bonds. The maximum absolute atomic E-state index is 12.7. The molecule has 1 unspecified atom stereocenters. The quantitative estimate of drug-likeness (QED) is 0.683. The summed E-state index contributed by atoms with van der Waals surface area (Å²) in [5.74, 6) is -0.382. The van der Waals surface area contributed by atoms with Gasteiger partial charge in [0.1, 0.15) is 0 Å². The largest absolute Gasteiger partial charge is 0.447 e. The highest BCUT2D eigenvalue weighted by Gasteiger charge is 2.41. The van der Waals surface area contributed by atoms with Crippen molar-refractivity contribution in [3.63, 3.8) is 0 Å². The first-order chi connectivity index (χ1) is 9.64. The summed E-state index contributed by atoms with van der Waals surface area (Å²) < 4.78 is 5.45. The zero-order valence-corrected chi connectivity index (χ0v) is 12.3. The van der Waals surface area contributed by atoms with Crippen LogP contribution in [0, 0.1) is 0 Å². The highest BCUT2D eigenvalue weighted by molar-refractivity contribution is 6.05. The first-order valence-electron chi connectivity index (χ1n) is 7.77. The Hall–Kier alpha value is -1.38. The van der Waals surface area contributed by atoms with Gasteiger partial charge in [0.05, 0.1) is 0 Å². The third-order valence-corrected chi connectivity index (χ3v) is 4.16. The number of ether oxygens (including phenoxy) is 1. The van der Waals surface area contributed by atoms with Gasteiger partial charge in [0.15, 0.2) is 5.60 Å². The normalized spacial score (nSPS) is 28.1. The summed E-state index contributed by atoms with van der Waals surface area (Å²) in [5, 5.41) is 0. The van der Waals surface area contributed by atoms with E-state index >= 15 is 0 Å². The van der Waals surface area contributed by atoms with Gasteiger partial charge >= 0.3 is 5.97 Å². The SMILES string of the molecule is CC(=O)OC12C=CC=C(CCCCCCCCC1)C2=O. The molecule has 2 aliphatic rings. The second-order valence-electron chi connectivity index (χ2n) is 5.84. The molecule has 0 radical (unpaired) electrons. The molecule has 1 fully saturated rings. The van der Waals surface area contributed by atoms with Crippen LogP contribution >= 0.6 is 0 Å². The molecule has 20 heavy (non-hydrogen) atoms. The van der Waals surface area contributed by atoms with Gasteiger partial charge in [0.2, 0.25) is 5.78 Å². The van der Waals surface area contributed by atoms with E-state index in [2.05, 4.69) is 0 Å². The Kier molecular flexibility index (Phi) is 5.16. The molecular weight excluding hydrogens is 252 g/mol. The topological polar surface area (TPSA) is 43.4 Å². The molecule has 0 N–H and O–H groups in total. The average molecular weight is 276 g/mol. The molecule has 0 spiro atoms. The Labute approximate surface area is 121 Å². The predicted molar refractivity (Wildman–Crippen MR) is 78.3 cm³/mol. The highest BCUT2D eigenvalue weighted by Crippen LogP contribution is 2.32. The fraction of sp³-hybridized carbons (Fsp3) is 0.647. The average Bonchev–Trinajstić information content (AvgIpc) is 2.40. The van der Waals surface area contributed by atoms with Gasteiger partial charge in [-0.3, -0.25) is 9.59 Å². The Morgan fingerprint density at radius 3 is 2.45 bits per heavy atom. The van der Waals surface area contributed by atoms with Crippen molar-refractivity contribution in [2.24, 2.45) is 0 Å². The number of carbonyl (C=O) groups is 2. The van der Waals surface area contributed by atoms with Crippen LogP contribution in [0.15, 0.2) is 23.8 Å². The number of Topliss-reactive ketones (excluding diaryl/α,β-unsaturated/α-hetero) is 1. The number of allylic oxidation sites excluding steroid dienone is 2. The molecule has 3 nitrogen and oxygen atoms in total. The lowest BCUT2D eigenvalue weighted by Gasteiger charge is -2.32. The number of carbonyl (C=O) groups excluding carboxylic acids is 2. The smallest absolute Gasteiger partial charge is 0.303 e. The zero-order valence-electron chi connectivity index (χ0n) is 12.3. The van der Waals surface area contributed by atoms with Gasteiger partial charge in [0.25, 0.3) is 0 Å². The summed E-state index contributed by atoms with van der Waals surface area (Å²) in [7, 11) is 0. The van der Waals surface area contributed by atoms with Crippen LogP contribution in [0.5, 0.6) is 0 Å². The second kappa shape index (κ2) is 6.87. The summed E-state index contributed by atoms with van der Waals surface area (Å²) in [6, 6.07) is 0. The number of esters is 1. The van der Waals surface area contributed by atoms with Crippen molar-refractivity contribution in [3.05, 3.63) is 23.8 Å². The Balaban J connectivity index is 2.20. The molecule has 1 saturated carbocycles. The van der Waals surface area contributed by atoms with E-state index in [-0.39, 0.29) is 11.8 Å². The fourth-order valence-electron chi connectivity index (χ4n) is 3.11. The van der Waals surface area contributed by atoms with E-state index in [1.807, 2.05) is 12.2 Å².